The summed E-state index contributed by atoms with van der Waals surface area (Å²) in [6.45, 7) is 4.99. The van der Waals surface area contributed by atoms with E-state index >= 15 is 0 Å². The van der Waals surface area contributed by atoms with Crippen molar-refractivity contribution in [3.05, 3.63) is 65.9 Å². The first kappa shape index (κ1) is 18.9. The lowest BCUT2D eigenvalue weighted by molar-refractivity contribution is 0.261. The van der Waals surface area contributed by atoms with Gasteiger partial charge in [-0.25, -0.2) is 0 Å². The van der Waals surface area contributed by atoms with E-state index in [0.717, 1.165) is 42.8 Å². The summed E-state index contributed by atoms with van der Waals surface area (Å²) in [7, 11) is 1.66. The largest absolute Gasteiger partial charge is 0.493 e. The van der Waals surface area contributed by atoms with Gasteiger partial charge in [0.05, 0.1) is 13.7 Å². The van der Waals surface area contributed by atoms with Gasteiger partial charge in [0, 0.05) is 5.56 Å². The molecule has 0 unspecified atom stereocenters. The van der Waals surface area contributed by atoms with Crippen molar-refractivity contribution < 1.29 is 14.2 Å². The Labute approximate surface area is 151 Å². The van der Waals surface area contributed by atoms with Crippen molar-refractivity contribution in [2.24, 2.45) is 0 Å². The average molecular weight is 340 g/mol. The Kier molecular flexibility index (Phi) is 7.90. The van der Waals surface area contributed by atoms with Gasteiger partial charge in [-0.15, -0.1) is 0 Å². The minimum absolute atomic E-state index is 0.674. The van der Waals surface area contributed by atoms with Gasteiger partial charge < -0.3 is 14.2 Å². The van der Waals surface area contributed by atoms with E-state index in [1.165, 1.54) is 5.56 Å². The second kappa shape index (κ2) is 10.4. The van der Waals surface area contributed by atoms with Gasteiger partial charge in [0.2, 0.25) is 0 Å². The lowest BCUT2D eigenvalue weighted by Gasteiger charge is -2.13. The Morgan fingerprint density at radius 3 is 2.44 bits per heavy atom. The quantitative estimate of drug-likeness (QED) is 0.401. The van der Waals surface area contributed by atoms with Crippen molar-refractivity contribution >= 4 is 5.76 Å². The van der Waals surface area contributed by atoms with Crippen LogP contribution in [0.3, 0.4) is 0 Å². The smallest absolute Gasteiger partial charge is 0.168 e. The molecule has 134 valence electrons. The van der Waals surface area contributed by atoms with Crippen LogP contribution in [0.15, 0.2) is 54.8 Å². The highest BCUT2D eigenvalue weighted by Crippen LogP contribution is 2.29. The van der Waals surface area contributed by atoms with Crippen molar-refractivity contribution in [1.29, 1.82) is 0 Å². The van der Waals surface area contributed by atoms with Gasteiger partial charge in [0.25, 0.3) is 0 Å². The molecule has 2 aromatic carbocycles. The number of aryl methyl sites for hydroxylation is 1. The minimum atomic E-state index is 0.674. The first-order chi connectivity index (χ1) is 12.3. The maximum atomic E-state index is 5.92. The molecular weight excluding hydrogens is 312 g/mol. The summed E-state index contributed by atoms with van der Waals surface area (Å²) in [5.74, 6) is 2.16. The standard InChI is InChI=1S/C22H28O3/c1-4-6-15-24-22(19-11-8-7-9-12-19)17-25-20-14-13-18(10-5-2)16-21(20)23-3/h7-9,11-14,16-17H,4-6,10,15H2,1-3H3. The van der Waals surface area contributed by atoms with E-state index in [1.54, 1.807) is 13.4 Å². The summed E-state index contributed by atoms with van der Waals surface area (Å²) in [5.41, 5.74) is 2.25. The van der Waals surface area contributed by atoms with Crippen LogP contribution >= 0.6 is 0 Å². The Hall–Kier alpha value is -2.42. The summed E-state index contributed by atoms with van der Waals surface area (Å²) in [6.07, 6.45) is 5.91. The summed E-state index contributed by atoms with van der Waals surface area (Å²) >= 11 is 0. The topological polar surface area (TPSA) is 27.7 Å². The van der Waals surface area contributed by atoms with E-state index < -0.39 is 0 Å². The van der Waals surface area contributed by atoms with E-state index in [1.807, 2.05) is 42.5 Å². The molecule has 3 nitrogen and oxygen atoms in total. The molecule has 0 heterocycles. The van der Waals surface area contributed by atoms with Gasteiger partial charge in [-0.3, -0.25) is 0 Å². The molecule has 2 rings (SSSR count). The molecule has 0 fully saturated rings. The molecule has 0 aliphatic carbocycles. The SMILES string of the molecule is CCCCOC(=COc1ccc(CCC)cc1OC)c1ccccc1. The molecule has 0 atom stereocenters. The van der Waals surface area contributed by atoms with Crippen molar-refractivity contribution in [2.45, 2.75) is 39.5 Å². The van der Waals surface area contributed by atoms with Gasteiger partial charge in [0.1, 0.15) is 6.26 Å². The molecule has 25 heavy (non-hydrogen) atoms. The first-order valence-electron chi connectivity index (χ1n) is 9.00. The van der Waals surface area contributed by atoms with Crippen molar-refractivity contribution in [2.75, 3.05) is 13.7 Å². The molecule has 2 aromatic rings. The second-order valence-corrected chi connectivity index (χ2v) is 5.90. The number of hydrogen-bond acceptors (Lipinski definition) is 3. The third-order valence-corrected chi connectivity index (χ3v) is 3.87. The van der Waals surface area contributed by atoms with Gasteiger partial charge in [0.15, 0.2) is 17.3 Å². The number of unbranched alkanes of at least 4 members (excludes halogenated alkanes) is 1. The number of rotatable bonds is 10. The molecular formula is C22H28O3. The molecule has 0 aromatic heterocycles. The summed E-state index contributed by atoms with van der Waals surface area (Å²) in [5, 5.41) is 0. The fourth-order valence-corrected chi connectivity index (χ4v) is 2.48. The zero-order valence-corrected chi connectivity index (χ0v) is 15.5. The van der Waals surface area contributed by atoms with Gasteiger partial charge in [-0.05, 0) is 30.5 Å². The fraction of sp³-hybridized carbons (Fsp3) is 0.364. The Morgan fingerprint density at radius 1 is 0.960 bits per heavy atom. The highest BCUT2D eigenvalue weighted by Gasteiger charge is 2.08. The van der Waals surface area contributed by atoms with E-state index in [4.69, 9.17) is 14.2 Å². The van der Waals surface area contributed by atoms with Gasteiger partial charge in [-0.1, -0.05) is 63.1 Å². The lowest BCUT2D eigenvalue weighted by Crippen LogP contribution is -1.98. The Morgan fingerprint density at radius 2 is 1.76 bits per heavy atom. The van der Waals surface area contributed by atoms with E-state index in [0.29, 0.717) is 12.4 Å². The summed E-state index contributed by atoms with van der Waals surface area (Å²) in [4.78, 5) is 0. The van der Waals surface area contributed by atoms with Crippen molar-refractivity contribution in [3.63, 3.8) is 0 Å². The van der Waals surface area contributed by atoms with Crippen LogP contribution in [0.4, 0.5) is 0 Å². The zero-order chi connectivity index (χ0) is 17.9. The average Bonchev–Trinajstić information content (AvgIpc) is 2.66. The highest BCUT2D eigenvalue weighted by molar-refractivity contribution is 5.59. The van der Waals surface area contributed by atoms with Crippen LogP contribution in [0.1, 0.15) is 44.2 Å². The van der Waals surface area contributed by atoms with Crippen LogP contribution in [-0.4, -0.2) is 13.7 Å². The van der Waals surface area contributed by atoms with Crippen LogP contribution in [-0.2, 0) is 11.2 Å². The van der Waals surface area contributed by atoms with Crippen LogP contribution in [0.25, 0.3) is 5.76 Å². The van der Waals surface area contributed by atoms with Crippen LogP contribution in [0.2, 0.25) is 0 Å². The molecule has 0 aliphatic rings. The fourth-order valence-electron chi connectivity index (χ4n) is 2.48. The monoisotopic (exact) mass is 340 g/mol. The van der Waals surface area contributed by atoms with Gasteiger partial charge in [-0.2, -0.15) is 0 Å². The molecule has 0 aliphatic heterocycles. The van der Waals surface area contributed by atoms with Crippen LogP contribution in [0.5, 0.6) is 11.5 Å². The third-order valence-electron chi connectivity index (χ3n) is 3.87. The third kappa shape index (κ3) is 5.86. The Bertz CT molecular complexity index is 662. The normalized spacial score (nSPS) is 11.2. The molecule has 0 bridgehead atoms. The molecule has 0 saturated heterocycles. The number of hydrogen-bond donors (Lipinski definition) is 0. The maximum absolute atomic E-state index is 5.92. The summed E-state index contributed by atoms with van der Waals surface area (Å²) in [6, 6.07) is 16.1. The molecule has 3 heteroatoms. The maximum Gasteiger partial charge on any atom is 0.168 e. The summed E-state index contributed by atoms with van der Waals surface area (Å²) < 4.78 is 17.3. The van der Waals surface area contributed by atoms with E-state index in [-0.39, 0.29) is 0 Å². The molecule has 0 amide bonds. The zero-order valence-electron chi connectivity index (χ0n) is 15.5. The Balaban J connectivity index is 2.19. The van der Waals surface area contributed by atoms with E-state index in [2.05, 4.69) is 19.9 Å². The minimum Gasteiger partial charge on any atom is -0.493 e. The van der Waals surface area contributed by atoms with Crippen LogP contribution in [0, 0.1) is 0 Å². The molecule has 0 N–H and O–H groups in total. The molecule has 0 saturated carbocycles. The lowest BCUT2D eigenvalue weighted by atomic mass is 10.1. The molecule has 0 radical (unpaired) electrons. The molecule has 0 spiro atoms. The number of ether oxygens (including phenoxy) is 3. The van der Waals surface area contributed by atoms with Crippen molar-refractivity contribution in [1.82, 2.24) is 0 Å². The van der Waals surface area contributed by atoms with E-state index in [9.17, 15) is 0 Å². The van der Waals surface area contributed by atoms with Gasteiger partial charge >= 0.3 is 0 Å². The van der Waals surface area contributed by atoms with Crippen LogP contribution < -0.4 is 9.47 Å². The van der Waals surface area contributed by atoms with Crippen molar-refractivity contribution in [3.8, 4) is 11.5 Å². The predicted molar refractivity (Wildman–Crippen MR) is 103 cm³/mol. The predicted octanol–water partition coefficient (Wildman–Crippen LogP) is 5.84. The second-order valence-electron chi connectivity index (χ2n) is 5.90. The number of methoxy groups -OCH3 is 1. The highest BCUT2D eigenvalue weighted by atomic mass is 16.5. The first-order valence-corrected chi connectivity index (χ1v) is 9.00. The number of benzene rings is 2.